The highest BCUT2D eigenvalue weighted by molar-refractivity contribution is 5.95. The van der Waals surface area contributed by atoms with Crippen molar-refractivity contribution >= 4 is 28.6 Å². The van der Waals surface area contributed by atoms with E-state index in [0.29, 0.717) is 34.3 Å². The second-order valence-electron chi connectivity index (χ2n) is 5.87. The Balaban J connectivity index is 1.87. The summed E-state index contributed by atoms with van der Waals surface area (Å²) in [5, 5.41) is 0.403. The molecular formula is C20H15NO4. The van der Waals surface area contributed by atoms with E-state index in [1.807, 2.05) is 24.3 Å². The predicted octanol–water partition coefficient (Wildman–Crippen LogP) is 3.46. The lowest BCUT2D eigenvalue weighted by atomic mass is 10.1. The lowest BCUT2D eigenvalue weighted by molar-refractivity contribution is 0.0601. The molecule has 1 aliphatic rings. The van der Waals surface area contributed by atoms with E-state index in [4.69, 9.17) is 9.15 Å². The zero-order chi connectivity index (χ0) is 17.4. The highest BCUT2D eigenvalue weighted by Gasteiger charge is 2.24. The third kappa shape index (κ3) is 2.63. The number of carbonyl (C=O) groups excluding carboxylic acids is 1. The van der Waals surface area contributed by atoms with Crippen molar-refractivity contribution in [3.05, 3.63) is 75.4 Å². The molecule has 0 unspecified atom stereocenters. The van der Waals surface area contributed by atoms with Gasteiger partial charge in [-0.3, -0.25) is 9.78 Å². The Morgan fingerprint density at radius 2 is 2.12 bits per heavy atom. The molecule has 0 atom stereocenters. The molecule has 0 saturated heterocycles. The Morgan fingerprint density at radius 3 is 2.88 bits per heavy atom. The first kappa shape index (κ1) is 15.3. The van der Waals surface area contributed by atoms with Crippen LogP contribution in [0.1, 0.15) is 33.8 Å². The number of fused-ring (bicyclic) bond motifs is 2. The van der Waals surface area contributed by atoms with Gasteiger partial charge in [0.05, 0.1) is 23.8 Å². The zero-order valence-electron chi connectivity index (χ0n) is 13.6. The molecule has 0 saturated carbocycles. The topological polar surface area (TPSA) is 69.4 Å². The van der Waals surface area contributed by atoms with Gasteiger partial charge in [-0.15, -0.1) is 0 Å². The highest BCUT2D eigenvalue weighted by Crippen LogP contribution is 2.34. The van der Waals surface area contributed by atoms with Gasteiger partial charge in [0.25, 0.3) is 0 Å². The van der Waals surface area contributed by atoms with Gasteiger partial charge >= 0.3 is 5.97 Å². The van der Waals surface area contributed by atoms with Gasteiger partial charge in [0.2, 0.25) is 0 Å². The number of methoxy groups -OCH3 is 1. The van der Waals surface area contributed by atoms with E-state index in [0.717, 1.165) is 17.7 Å². The van der Waals surface area contributed by atoms with Crippen LogP contribution in [0.2, 0.25) is 0 Å². The second-order valence-corrected chi connectivity index (χ2v) is 5.87. The summed E-state index contributed by atoms with van der Waals surface area (Å²) in [6.07, 6.45) is 5.02. The van der Waals surface area contributed by atoms with Crippen LogP contribution >= 0.6 is 0 Å². The van der Waals surface area contributed by atoms with Crippen LogP contribution in [0, 0.1) is 0 Å². The lowest BCUT2D eigenvalue weighted by Crippen LogP contribution is -2.10. The summed E-state index contributed by atoms with van der Waals surface area (Å²) in [5.41, 5.74) is 3.15. The van der Waals surface area contributed by atoms with Gasteiger partial charge in [0.1, 0.15) is 11.3 Å². The van der Waals surface area contributed by atoms with E-state index in [-0.39, 0.29) is 5.43 Å². The van der Waals surface area contributed by atoms with Gasteiger partial charge in [-0.05, 0) is 54.8 Å². The van der Waals surface area contributed by atoms with Crippen LogP contribution < -0.4 is 5.43 Å². The number of ether oxygens (including phenoxy) is 1. The molecule has 5 heteroatoms. The van der Waals surface area contributed by atoms with Crippen molar-refractivity contribution in [3.63, 3.8) is 0 Å². The van der Waals surface area contributed by atoms with E-state index in [2.05, 4.69) is 4.98 Å². The number of hydrogen-bond acceptors (Lipinski definition) is 5. The van der Waals surface area contributed by atoms with Crippen molar-refractivity contribution in [3.8, 4) is 0 Å². The molecule has 25 heavy (non-hydrogen) atoms. The summed E-state index contributed by atoms with van der Waals surface area (Å²) in [6, 6.07) is 10.5. The maximum atomic E-state index is 12.8. The quantitative estimate of drug-likeness (QED) is 0.672. The summed E-state index contributed by atoms with van der Waals surface area (Å²) in [7, 11) is 1.31. The molecule has 4 rings (SSSR count). The van der Waals surface area contributed by atoms with Crippen LogP contribution in [0.25, 0.3) is 22.6 Å². The van der Waals surface area contributed by atoms with Crippen LogP contribution in [0.15, 0.2) is 51.8 Å². The largest absolute Gasteiger partial charge is 0.465 e. The van der Waals surface area contributed by atoms with Gasteiger partial charge in [-0.2, -0.15) is 0 Å². The minimum atomic E-state index is -0.475. The van der Waals surface area contributed by atoms with E-state index in [1.165, 1.54) is 13.2 Å². The van der Waals surface area contributed by atoms with E-state index < -0.39 is 5.97 Å². The molecule has 0 amide bonds. The summed E-state index contributed by atoms with van der Waals surface area (Å²) >= 11 is 0. The molecule has 2 heterocycles. The van der Waals surface area contributed by atoms with Crippen LogP contribution in [0.5, 0.6) is 0 Å². The molecule has 3 aromatic rings. The first-order valence-electron chi connectivity index (χ1n) is 7.97. The molecule has 124 valence electrons. The first-order chi connectivity index (χ1) is 12.2. The van der Waals surface area contributed by atoms with E-state index in [1.54, 1.807) is 18.3 Å². The van der Waals surface area contributed by atoms with Gasteiger partial charge in [-0.25, -0.2) is 4.79 Å². The highest BCUT2D eigenvalue weighted by atomic mass is 16.5. The Labute approximate surface area is 143 Å². The number of allylic oxidation sites excluding steroid dienone is 1. The third-order valence-electron chi connectivity index (χ3n) is 4.35. The molecule has 0 fully saturated rings. The number of rotatable bonds is 2. The smallest absolute Gasteiger partial charge is 0.337 e. The third-order valence-corrected chi connectivity index (χ3v) is 4.35. The first-order valence-corrected chi connectivity index (χ1v) is 7.97. The molecule has 1 aromatic carbocycles. The molecule has 0 N–H and O–H groups in total. The number of hydrogen-bond donors (Lipinski definition) is 0. The van der Waals surface area contributed by atoms with Crippen LogP contribution in [-0.4, -0.2) is 18.1 Å². The average Bonchev–Trinajstić information content (AvgIpc) is 3.05. The number of nitrogens with zero attached hydrogens (tertiary/aromatic N) is 1. The number of carbonyl (C=O) groups is 1. The normalized spacial score (nSPS) is 14.7. The van der Waals surface area contributed by atoms with Crippen molar-refractivity contribution in [1.29, 1.82) is 0 Å². The minimum Gasteiger partial charge on any atom is -0.465 e. The van der Waals surface area contributed by atoms with E-state index in [9.17, 15) is 9.59 Å². The molecule has 0 bridgehead atoms. The summed E-state index contributed by atoms with van der Waals surface area (Å²) in [4.78, 5) is 28.8. The molecule has 5 nitrogen and oxygen atoms in total. The summed E-state index contributed by atoms with van der Waals surface area (Å²) < 4.78 is 10.7. The Kier molecular flexibility index (Phi) is 3.69. The van der Waals surface area contributed by atoms with Crippen molar-refractivity contribution in [1.82, 2.24) is 4.98 Å². The molecule has 2 aromatic heterocycles. The number of esters is 1. The Hall–Kier alpha value is -3.21. The van der Waals surface area contributed by atoms with Crippen molar-refractivity contribution in [2.24, 2.45) is 0 Å². The maximum absolute atomic E-state index is 12.8. The number of aromatic nitrogens is 1. The Morgan fingerprint density at radius 1 is 1.24 bits per heavy atom. The molecule has 0 aliphatic heterocycles. The number of benzene rings is 1. The second kappa shape index (κ2) is 6.02. The molecule has 1 aliphatic carbocycles. The van der Waals surface area contributed by atoms with Gasteiger partial charge in [0, 0.05) is 11.8 Å². The number of pyridine rings is 1. The fraction of sp³-hybridized carbons (Fsp3) is 0.150. The van der Waals surface area contributed by atoms with Gasteiger partial charge in [-0.1, -0.05) is 6.07 Å². The summed E-state index contributed by atoms with van der Waals surface area (Å²) in [6.45, 7) is 0. The van der Waals surface area contributed by atoms with Crippen molar-refractivity contribution < 1.29 is 13.9 Å². The lowest BCUT2D eigenvalue weighted by Gasteiger charge is -2.05. The minimum absolute atomic E-state index is 0.0913. The summed E-state index contributed by atoms with van der Waals surface area (Å²) in [5.74, 6) is 0.145. The zero-order valence-corrected chi connectivity index (χ0v) is 13.6. The SMILES string of the molecule is COC(=O)c1ccc2oc3c(c(=O)c2c1)CCC3=Cc1ccccn1. The van der Waals surface area contributed by atoms with Gasteiger partial charge in [0.15, 0.2) is 5.43 Å². The predicted molar refractivity (Wildman–Crippen MR) is 94.3 cm³/mol. The monoisotopic (exact) mass is 333 g/mol. The molecule has 0 radical (unpaired) electrons. The molecular weight excluding hydrogens is 318 g/mol. The van der Waals surface area contributed by atoms with Crippen molar-refractivity contribution in [2.75, 3.05) is 7.11 Å². The maximum Gasteiger partial charge on any atom is 0.337 e. The van der Waals surface area contributed by atoms with Crippen molar-refractivity contribution in [2.45, 2.75) is 12.8 Å². The molecule has 0 spiro atoms. The fourth-order valence-corrected chi connectivity index (χ4v) is 3.12. The fourth-order valence-electron chi connectivity index (χ4n) is 3.12. The standard InChI is InChI=1S/C20H15NO4/c1-24-20(23)13-6-8-17-16(11-13)18(22)15-7-5-12(19(15)25-17)10-14-4-2-3-9-21-14/h2-4,6,8-11H,5,7H2,1H3. The van der Waals surface area contributed by atoms with Crippen LogP contribution in [0.3, 0.4) is 0 Å². The average molecular weight is 333 g/mol. The van der Waals surface area contributed by atoms with Crippen LogP contribution in [-0.2, 0) is 11.2 Å². The van der Waals surface area contributed by atoms with Gasteiger partial charge < -0.3 is 9.15 Å². The Bertz CT molecular complexity index is 1060. The van der Waals surface area contributed by atoms with E-state index >= 15 is 0 Å². The van der Waals surface area contributed by atoms with Crippen LogP contribution in [0.4, 0.5) is 0 Å².